The summed E-state index contributed by atoms with van der Waals surface area (Å²) in [5.41, 5.74) is 1.10. The molecule has 0 atom stereocenters. The predicted molar refractivity (Wildman–Crippen MR) is 91.3 cm³/mol. The first-order valence-electron chi connectivity index (χ1n) is 7.09. The second-order valence-corrected chi connectivity index (χ2v) is 5.71. The summed E-state index contributed by atoms with van der Waals surface area (Å²) >= 11 is 11.8. The van der Waals surface area contributed by atoms with Gasteiger partial charge in [0.25, 0.3) is 5.91 Å². The van der Waals surface area contributed by atoms with E-state index < -0.39 is 0 Å². The van der Waals surface area contributed by atoms with Gasteiger partial charge in [-0.2, -0.15) is 0 Å². The molecule has 5 heteroatoms. The van der Waals surface area contributed by atoms with Crippen LogP contribution in [0, 0.1) is 0 Å². The number of hydrogen-bond donors (Lipinski definition) is 1. The van der Waals surface area contributed by atoms with Crippen molar-refractivity contribution in [3.63, 3.8) is 0 Å². The number of nitrogens with one attached hydrogen (secondary N) is 1. The SMILES string of the molecule is CCCCOc1ccc(C(=O)Nc2cc(Cl)cc(Cl)c2)cc1. The number of anilines is 1. The second-order valence-electron chi connectivity index (χ2n) is 4.84. The van der Waals surface area contributed by atoms with E-state index in [0.29, 0.717) is 27.9 Å². The van der Waals surface area contributed by atoms with E-state index in [0.717, 1.165) is 18.6 Å². The van der Waals surface area contributed by atoms with E-state index in [2.05, 4.69) is 12.2 Å². The number of halogens is 2. The van der Waals surface area contributed by atoms with Crippen molar-refractivity contribution < 1.29 is 9.53 Å². The van der Waals surface area contributed by atoms with E-state index in [4.69, 9.17) is 27.9 Å². The number of ether oxygens (including phenoxy) is 1. The summed E-state index contributed by atoms with van der Waals surface area (Å²) in [6.45, 7) is 2.79. The van der Waals surface area contributed by atoms with Crippen LogP contribution >= 0.6 is 23.2 Å². The maximum absolute atomic E-state index is 12.2. The highest BCUT2D eigenvalue weighted by atomic mass is 35.5. The maximum Gasteiger partial charge on any atom is 0.255 e. The Balaban J connectivity index is 2.00. The number of rotatable bonds is 6. The molecule has 0 saturated heterocycles. The number of carbonyl (C=O) groups is 1. The van der Waals surface area contributed by atoms with Crippen molar-refractivity contribution in [2.75, 3.05) is 11.9 Å². The van der Waals surface area contributed by atoms with Gasteiger partial charge in [-0.05, 0) is 48.9 Å². The average molecular weight is 338 g/mol. The van der Waals surface area contributed by atoms with E-state index in [1.165, 1.54) is 0 Å². The Morgan fingerprint density at radius 2 is 1.73 bits per heavy atom. The first-order chi connectivity index (χ1) is 10.6. The van der Waals surface area contributed by atoms with Crippen LogP contribution in [0.1, 0.15) is 30.1 Å². The van der Waals surface area contributed by atoms with E-state index in [-0.39, 0.29) is 5.91 Å². The number of unbranched alkanes of at least 4 members (excludes halogenated alkanes) is 1. The molecular weight excluding hydrogens is 321 g/mol. The van der Waals surface area contributed by atoms with Gasteiger partial charge in [-0.15, -0.1) is 0 Å². The Labute approximate surface area is 140 Å². The molecule has 0 radical (unpaired) electrons. The molecule has 22 heavy (non-hydrogen) atoms. The molecule has 0 spiro atoms. The topological polar surface area (TPSA) is 38.3 Å². The van der Waals surface area contributed by atoms with Crippen molar-refractivity contribution in [2.24, 2.45) is 0 Å². The van der Waals surface area contributed by atoms with Gasteiger partial charge in [-0.3, -0.25) is 4.79 Å². The molecule has 0 saturated carbocycles. The fourth-order valence-corrected chi connectivity index (χ4v) is 2.39. The largest absolute Gasteiger partial charge is 0.494 e. The van der Waals surface area contributed by atoms with Gasteiger partial charge in [-0.25, -0.2) is 0 Å². The predicted octanol–water partition coefficient (Wildman–Crippen LogP) is 5.42. The van der Waals surface area contributed by atoms with Crippen LogP contribution in [0.25, 0.3) is 0 Å². The highest BCUT2D eigenvalue weighted by Gasteiger charge is 2.07. The lowest BCUT2D eigenvalue weighted by atomic mass is 10.2. The quantitative estimate of drug-likeness (QED) is 0.714. The van der Waals surface area contributed by atoms with Gasteiger partial charge in [0.05, 0.1) is 6.61 Å². The summed E-state index contributed by atoms with van der Waals surface area (Å²) in [5, 5.41) is 3.71. The first-order valence-corrected chi connectivity index (χ1v) is 7.84. The van der Waals surface area contributed by atoms with Gasteiger partial charge >= 0.3 is 0 Å². The van der Waals surface area contributed by atoms with Crippen molar-refractivity contribution in [3.8, 4) is 5.75 Å². The van der Waals surface area contributed by atoms with Crippen LogP contribution in [-0.4, -0.2) is 12.5 Å². The molecule has 0 aliphatic heterocycles. The number of hydrogen-bond acceptors (Lipinski definition) is 2. The molecule has 0 aromatic heterocycles. The molecule has 2 rings (SSSR count). The van der Waals surface area contributed by atoms with Gasteiger partial charge < -0.3 is 10.1 Å². The molecule has 1 amide bonds. The second kappa shape index (κ2) is 8.06. The Morgan fingerprint density at radius 3 is 2.32 bits per heavy atom. The van der Waals surface area contributed by atoms with Crippen LogP contribution in [0.4, 0.5) is 5.69 Å². The fraction of sp³-hybridized carbons (Fsp3) is 0.235. The maximum atomic E-state index is 12.2. The third-order valence-corrected chi connectivity index (χ3v) is 3.44. The summed E-state index contributed by atoms with van der Waals surface area (Å²) in [6.07, 6.45) is 2.10. The van der Waals surface area contributed by atoms with E-state index in [9.17, 15) is 4.79 Å². The van der Waals surface area contributed by atoms with Gasteiger partial charge in [0.15, 0.2) is 0 Å². The minimum atomic E-state index is -0.224. The Bertz CT molecular complexity index is 621. The Kier molecular flexibility index (Phi) is 6.10. The summed E-state index contributed by atoms with van der Waals surface area (Å²) in [5.74, 6) is 0.536. The van der Waals surface area contributed by atoms with Crippen molar-refractivity contribution in [2.45, 2.75) is 19.8 Å². The zero-order valence-corrected chi connectivity index (χ0v) is 13.7. The number of benzene rings is 2. The molecule has 0 unspecified atom stereocenters. The molecule has 0 fully saturated rings. The van der Waals surface area contributed by atoms with E-state index in [1.807, 2.05) is 0 Å². The Morgan fingerprint density at radius 1 is 1.09 bits per heavy atom. The van der Waals surface area contributed by atoms with Gasteiger partial charge in [-0.1, -0.05) is 36.5 Å². The van der Waals surface area contributed by atoms with Crippen LogP contribution in [-0.2, 0) is 0 Å². The van der Waals surface area contributed by atoms with Gasteiger partial charge in [0, 0.05) is 21.3 Å². The summed E-state index contributed by atoms with van der Waals surface area (Å²) in [4.78, 5) is 12.2. The molecular formula is C17H17Cl2NO2. The van der Waals surface area contributed by atoms with Crippen LogP contribution in [0.5, 0.6) is 5.75 Å². The third kappa shape index (κ3) is 4.93. The molecule has 2 aromatic rings. The van der Waals surface area contributed by atoms with Crippen LogP contribution < -0.4 is 10.1 Å². The molecule has 116 valence electrons. The average Bonchev–Trinajstić information content (AvgIpc) is 2.47. The Hall–Kier alpha value is -1.71. The fourth-order valence-electron chi connectivity index (χ4n) is 1.87. The smallest absolute Gasteiger partial charge is 0.255 e. The lowest BCUT2D eigenvalue weighted by Gasteiger charge is -2.08. The zero-order chi connectivity index (χ0) is 15.9. The first kappa shape index (κ1) is 16.7. The molecule has 0 heterocycles. The monoisotopic (exact) mass is 337 g/mol. The highest BCUT2D eigenvalue weighted by molar-refractivity contribution is 6.35. The minimum Gasteiger partial charge on any atom is -0.494 e. The molecule has 1 N–H and O–H groups in total. The number of carbonyl (C=O) groups excluding carboxylic acids is 1. The lowest BCUT2D eigenvalue weighted by Crippen LogP contribution is -2.11. The highest BCUT2D eigenvalue weighted by Crippen LogP contribution is 2.23. The van der Waals surface area contributed by atoms with Gasteiger partial charge in [0.1, 0.15) is 5.75 Å². The van der Waals surface area contributed by atoms with Crippen LogP contribution in [0.3, 0.4) is 0 Å². The van der Waals surface area contributed by atoms with E-state index >= 15 is 0 Å². The molecule has 2 aromatic carbocycles. The number of amides is 1. The van der Waals surface area contributed by atoms with Crippen LogP contribution in [0.15, 0.2) is 42.5 Å². The van der Waals surface area contributed by atoms with Crippen molar-refractivity contribution in [1.29, 1.82) is 0 Å². The van der Waals surface area contributed by atoms with Crippen LogP contribution in [0.2, 0.25) is 10.0 Å². The van der Waals surface area contributed by atoms with Crippen molar-refractivity contribution in [3.05, 3.63) is 58.1 Å². The third-order valence-electron chi connectivity index (χ3n) is 3.00. The zero-order valence-electron chi connectivity index (χ0n) is 12.2. The minimum absolute atomic E-state index is 0.224. The lowest BCUT2D eigenvalue weighted by molar-refractivity contribution is 0.102. The molecule has 3 nitrogen and oxygen atoms in total. The van der Waals surface area contributed by atoms with Gasteiger partial charge in [0.2, 0.25) is 0 Å². The van der Waals surface area contributed by atoms with Crippen molar-refractivity contribution >= 4 is 34.8 Å². The van der Waals surface area contributed by atoms with Crippen molar-refractivity contribution in [1.82, 2.24) is 0 Å². The summed E-state index contributed by atoms with van der Waals surface area (Å²) < 4.78 is 5.56. The van der Waals surface area contributed by atoms with E-state index in [1.54, 1.807) is 42.5 Å². The normalized spacial score (nSPS) is 10.3. The summed E-state index contributed by atoms with van der Waals surface area (Å²) in [7, 11) is 0. The molecule has 0 aliphatic carbocycles. The molecule has 0 bridgehead atoms. The summed E-state index contributed by atoms with van der Waals surface area (Å²) in [6, 6.07) is 11.9. The molecule has 0 aliphatic rings. The standard InChI is InChI=1S/C17H17Cl2NO2/c1-2-3-8-22-16-6-4-12(5-7-16)17(21)20-15-10-13(18)9-14(19)11-15/h4-7,9-11H,2-3,8H2,1H3,(H,20,21).